The Labute approximate surface area is 78.3 Å². The number of aliphatic hydroxyl groups is 1. The summed E-state index contributed by atoms with van der Waals surface area (Å²) in [7, 11) is 0. The van der Waals surface area contributed by atoms with Crippen molar-refractivity contribution in [2.24, 2.45) is 0 Å². The Kier molecular flexibility index (Phi) is 1.86. The number of carbonyl (C=O) groups is 2. The molecular weight excluding hydrogens is 188 g/mol. The van der Waals surface area contributed by atoms with Crippen LogP contribution in [0.25, 0.3) is 0 Å². The lowest BCUT2D eigenvalue weighted by atomic mass is 10.0. The van der Waals surface area contributed by atoms with Gasteiger partial charge in [0.25, 0.3) is 0 Å². The van der Waals surface area contributed by atoms with Gasteiger partial charge >= 0.3 is 0 Å². The van der Waals surface area contributed by atoms with Gasteiger partial charge in [-0.1, -0.05) is 0 Å². The van der Waals surface area contributed by atoms with Gasteiger partial charge in [0.05, 0.1) is 11.5 Å². The summed E-state index contributed by atoms with van der Waals surface area (Å²) in [6.45, 7) is -0.127. The average molecular weight is 194 g/mol. The molecule has 0 amide bonds. The molecule has 1 N–H and O–H groups in total. The van der Waals surface area contributed by atoms with Crippen LogP contribution in [0.3, 0.4) is 0 Å². The van der Waals surface area contributed by atoms with E-state index >= 15 is 0 Å². The molecule has 0 aliphatic heterocycles. The maximum atomic E-state index is 11.3. The minimum atomic E-state index is -0.162. The van der Waals surface area contributed by atoms with Gasteiger partial charge in [0.1, 0.15) is 0 Å². The summed E-state index contributed by atoms with van der Waals surface area (Å²) in [5.74, 6) is -0.315. The van der Waals surface area contributed by atoms with E-state index in [0.29, 0.717) is 15.3 Å². The first-order valence-electron chi connectivity index (χ1n) is 3.72. The molecule has 1 aliphatic rings. The zero-order valence-electron chi connectivity index (χ0n) is 6.61. The number of carbonyl (C=O) groups excluding carboxylic acids is 2. The first-order chi connectivity index (χ1) is 6.22. The Bertz CT molecular complexity index is 379. The van der Waals surface area contributed by atoms with Gasteiger partial charge in [0, 0.05) is 10.4 Å². The number of aliphatic hydroxyl groups excluding tert-OH is 1. The largest absolute Gasteiger partial charge is 0.391 e. The molecule has 0 atom stereocenters. The summed E-state index contributed by atoms with van der Waals surface area (Å²) in [5, 5.41) is 8.83. The fourth-order valence-corrected chi connectivity index (χ4v) is 2.14. The van der Waals surface area contributed by atoms with Crippen molar-refractivity contribution in [3.8, 4) is 0 Å². The lowest BCUT2D eigenvalue weighted by Gasteiger charge is -2.00. The van der Waals surface area contributed by atoms with Gasteiger partial charge in [-0.3, -0.25) is 9.59 Å². The van der Waals surface area contributed by atoms with E-state index in [-0.39, 0.29) is 18.2 Å². The van der Waals surface area contributed by atoms with Crippen LogP contribution < -0.4 is 0 Å². The number of allylic oxidation sites excluding steroid dienone is 2. The van der Waals surface area contributed by atoms with Crippen molar-refractivity contribution in [1.82, 2.24) is 0 Å². The van der Waals surface area contributed by atoms with E-state index in [4.69, 9.17) is 5.11 Å². The molecule has 0 bridgehead atoms. The Morgan fingerprint density at radius 2 is 1.92 bits per heavy atom. The summed E-state index contributed by atoms with van der Waals surface area (Å²) in [5.41, 5.74) is 0.418. The Balaban J connectivity index is 2.58. The zero-order valence-corrected chi connectivity index (χ0v) is 7.43. The highest BCUT2D eigenvalue weighted by Crippen LogP contribution is 2.26. The van der Waals surface area contributed by atoms with Crippen LogP contribution in [0.5, 0.6) is 0 Å². The molecule has 1 aromatic heterocycles. The number of hydrogen-bond donors (Lipinski definition) is 1. The van der Waals surface area contributed by atoms with Crippen molar-refractivity contribution in [1.29, 1.82) is 0 Å². The summed E-state index contributed by atoms with van der Waals surface area (Å²) < 4.78 is 0. The van der Waals surface area contributed by atoms with Crippen molar-refractivity contribution in [3.63, 3.8) is 0 Å². The van der Waals surface area contributed by atoms with E-state index in [2.05, 4.69) is 0 Å². The van der Waals surface area contributed by atoms with Gasteiger partial charge < -0.3 is 5.11 Å². The fraction of sp³-hybridized carbons (Fsp3) is 0.111. The highest BCUT2D eigenvalue weighted by molar-refractivity contribution is 7.14. The number of fused-ring (bicyclic) bond motifs is 1. The minimum absolute atomic E-state index is 0.127. The van der Waals surface area contributed by atoms with E-state index in [1.807, 2.05) is 0 Å². The van der Waals surface area contributed by atoms with Crippen molar-refractivity contribution in [2.45, 2.75) is 6.61 Å². The van der Waals surface area contributed by atoms with Gasteiger partial charge in [-0.25, -0.2) is 0 Å². The molecule has 0 unspecified atom stereocenters. The molecule has 0 aromatic carbocycles. The first kappa shape index (κ1) is 8.34. The molecule has 0 spiro atoms. The quantitative estimate of drug-likeness (QED) is 0.730. The van der Waals surface area contributed by atoms with Crippen molar-refractivity contribution >= 4 is 22.9 Å². The number of rotatable bonds is 1. The Hall–Kier alpha value is -1.26. The molecule has 0 fully saturated rings. The molecule has 13 heavy (non-hydrogen) atoms. The minimum Gasteiger partial charge on any atom is -0.391 e. The van der Waals surface area contributed by atoms with Crippen LogP contribution in [-0.2, 0) is 6.61 Å². The maximum absolute atomic E-state index is 11.3. The van der Waals surface area contributed by atoms with Crippen LogP contribution in [0.1, 0.15) is 24.9 Å². The fourth-order valence-electron chi connectivity index (χ4n) is 1.20. The molecule has 0 radical (unpaired) electrons. The van der Waals surface area contributed by atoms with E-state index in [0.717, 1.165) is 0 Å². The molecule has 0 saturated carbocycles. The second-order valence-corrected chi connectivity index (χ2v) is 3.81. The van der Waals surface area contributed by atoms with Crippen molar-refractivity contribution in [2.75, 3.05) is 0 Å². The normalized spacial score (nSPS) is 14.8. The zero-order chi connectivity index (χ0) is 9.42. The van der Waals surface area contributed by atoms with Gasteiger partial charge in [-0.15, -0.1) is 11.3 Å². The summed E-state index contributed by atoms with van der Waals surface area (Å²) in [6, 6.07) is 1.57. The first-order valence-corrected chi connectivity index (χ1v) is 4.54. The summed E-state index contributed by atoms with van der Waals surface area (Å²) >= 11 is 1.18. The second-order valence-electron chi connectivity index (χ2n) is 2.68. The SMILES string of the molecule is O=C1C=CC(=O)c2sc(CO)cc21. The van der Waals surface area contributed by atoms with E-state index in [9.17, 15) is 9.59 Å². The topological polar surface area (TPSA) is 54.4 Å². The number of hydrogen-bond acceptors (Lipinski definition) is 4. The van der Waals surface area contributed by atoms with Crippen LogP contribution in [-0.4, -0.2) is 16.7 Å². The van der Waals surface area contributed by atoms with E-state index in [1.54, 1.807) is 6.07 Å². The van der Waals surface area contributed by atoms with Gasteiger partial charge in [-0.05, 0) is 18.2 Å². The van der Waals surface area contributed by atoms with Crippen molar-refractivity contribution in [3.05, 3.63) is 33.5 Å². The molecule has 2 rings (SSSR count). The highest BCUT2D eigenvalue weighted by Gasteiger charge is 2.21. The monoisotopic (exact) mass is 194 g/mol. The standard InChI is InChI=1S/C9H6O3S/c10-4-5-3-6-7(11)1-2-8(12)9(6)13-5/h1-3,10H,4H2. The molecule has 4 heteroatoms. The molecule has 1 aliphatic carbocycles. The lowest BCUT2D eigenvalue weighted by Crippen LogP contribution is -2.07. The van der Waals surface area contributed by atoms with Gasteiger partial charge in [0.15, 0.2) is 11.6 Å². The molecule has 3 nitrogen and oxygen atoms in total. The second kappa shape index (κ2) is 2.90. The van der Waals surface area contributed by atoms with Crippen LogP contribution in [0.4, 0.5) is 0 Å². The van der Waals surface area contributed by atoms with E-state index in [1.165, 1.54) is 23.5 Å². The third-order valence-electron chi connectivity index (χ3n) is 1.81. The summed E-state index contributed by atoms with van der Waals surface area (Å²) in [6.07, 6.45) is 2.53. The molecule has 1 heterocycles. The number of thiophene rings is 1. The van der Waals surface area contributed by atoms with Crippen LogP contribution in [0.15, 0.2) is 18.2 Å². The van der Waals surface area contributed by atoms with E-state index < -0.39 is 0 Å². The third kappa shape index (κ3) is 1.24. The predicted octanol–water partition coefficient (Wildman–Crippen LogP) is 1.18. The van der Waals surface area contributed by atoms with Crippen LogP contribution in [0, 0.1) is 0 Å². The lowest BCUT2D eigenvalue weighted by molar-refractivity contribution is 0.0997. The molecule has 66 valence electrons. The Morgan fingerprint density at radius 1 is 1.23 bits per heavy atom. The average Bonchev–Trinajstić information content (AvgIpc) is 2.56. The smallest absolute Gasteiger partial charge is 0.196 e. The molecule has 1 aromatic rings. The van der Waals surface area contributed by atoms with Gasteiger partial charge in [0.2, 0.25) is 0 Å². The summed E-state index contributed by atoms with van der Waals surface area (Å²) in [4.78, 5) is 23.6. The molecule has 0 saturated heterocycles. The molecular formula is C9H6O3S. The number of ketones is 2. The highest BCUT2D eigenvalue weighted by atomic mass is 32.1. The van der Waals surface area contributed by atoms with Crippen LogP contribution >= 0.6 is 11.3 Å². The van der Waals surface area contributed by atoms with Crippen molar-refractivity contribution < 1.29 is 14.7 Å². The Morgan fingerprint density at radius 3 is 2.54 bits per heavy atom. The van der Waals surface area contributed by atoms with Crippen LogP contribution in [0.2, 0.25) is 0 Å². The maximum Gasteiger partial charge on any atom is 0.196 e. The predicted molar refractivity (Wildman–Crippen MR) is 48.0 cm³/mol. The third-order valence-corrected chi connectivity index (χ3v) is 2.95. The van der Waals surface area contributed by atoms with Gasteiger partial charge in [-0.2, -0.15) is 0 Å².